The van der Waals surface area contributed by atoms with Gasteiger partial charge in [-0.25, -0.2) is 4.79 Å². The van der Waals surface area contributed by atoms with Crippen LogP contribution in [0, 0.1) is 5.92 Å². The highest BCUT2D eigenvalue weighted by Gasteiger charge is 2.24. The SMILES string of the molecule is CCOC(=O)N1CCC(NC(=O)Cc2ccc(CC(C)C)cc2)CC1. The summed E-state index contributed by atoms with van der Waals surface area (Å²) in [5, 5.41) is 3.09. The molecule has 1 saturated heterocycles. The second kappa shape index (κ2) is 9.44. The van der Waals surface area contributed by atoms with Crippen LogP contribution in [-0.4, -0.2) is 42.6 Å². The van der Waals surface area contributed by atoms with Crippen LogP contribution in [0.1, 0.15) is 44.7 Å². The predicted octanol–water partition coefficient (Wildman–Crippen LogP) is 3.16. The van der Waals surface area contributed by atoms with Crippen LogP contribution in [0.15, 0.2) is 24.3 Å². The molecule has 25 heavy (non-hydrogen) atoms. The number of nitrogens with one attached hydrogen (secondary N) is 1. The number of nitrogens with zero attached hydrogens (tertiary/aromatic N) is 1. The van der Waals surface area contributed by atoms with Gasteiger partial charge in [0.15, 0.2) is 0 Å². The predicted molar refractivity (Wildman–Crippen MR) is 98.4 cm³/mol. The Morgan fingerprint density at radius 2 is 1.76 bits per heavy atom. The maximum atomic E-state index is 12.2. The fourth-order valence-electron chi connectivity index (χ4n) is 3.15. The highest BCUT2D eigenvalue weighted by Crippen LogP contribution is 2.13. The third-order valence-corrected chi connectivity index (χ3v) is 4.42. The Bertz CT molecular complexity index is 561. The Kier molecular flexibility index (Phi) is 7.29. The molecule has 1 fully saturated rings. The number of carbonyl (C=O) groups excluding carboxylic acids is 2. The Morgan fingerprint density at radius 1 is 1.16 bits per heavy atom. The molecule has 0 radical (unpaired) electrons. The second-order valence-electron chi connectivity index (χ2n) is 7.12. The lowest BCUT2D eigenvalue weighted by Gasteiger charge is -2.31. The van der Waals surface area contributed by atoms with Gasteiger partial charge in [0, 0.05) is 19.1 Å². The van der Waals surface area contributed by atoms with E-state index in [1.807, 2.05) is 12.1 Å². The molecule has 0 bridgehead atoms. The summed E-state index contributed by atoms with van der Waals surface area (Å²) >= 11 is 0. The largest absolute Gasteiger partial charge is 0.450 e. The maximum Gasteiger partial charge on any atom is 0.409 e. The Hall–Kier alpha value is -2.04. The van der Waals surface area contributed by atoms with Gasteiger partial charge < -0.3 is 15.0 Å². The van der Waals surface area contributed by atoms with Crippen molar-refractivity contribution in [1.82, 2.24) is 10.2 Å². The molecule has 1 aromatic carbocycles. The summed E-state index contributed by atoms with van der Waals surface area (Å²) < 4.78 is 5.01. The minimum Gasteiger partial charge on any atom is -0.450 e. The minimum atomic E-state index is -0.256. The fraction of sp³-hybridized carbons (Fsp3) is 0.600. The van der Waals surface area contributed by atoms with E-state index in [1.54, 1.807) is 11.8 Å². The zero-order chi connectivity index (χ0) is 18.2. The van der Waals surface area contributed by atoms with Gasteiger partial charge in [0.05, 0.1) is 13.0 Å². The first-order chi connectivity index (χ1) is 12.0. The number of hydrogen-bond donors (Lipinski definition) is 1. The standard InChI is InChI=1S/C20H30N2O3/c1-4-25-20(24)22-11-9-18(10-12-22)21-19(23)14-17-7-5-16(6-8-17)13-15(2)3/h5-8,15,18H,4,9-14H2,1-3H3,(H,21,23). The van der Waals surface area contributed by atoms with E-state index in [0.717, 1.165) is 24.8 Å². The average Bonchev–Trinajstić information content (AvgIpc) is 2.57. The van der Waals surface area contributed by atoms with Gasteiger partial charge in [0.2, 0.25) is 5.91 Å². The van der Waals surface area contributed by atoms with Gasteiger partial charge in [-0.2, -0.15) is 0 Å². The van der Waals surface area contributed by atoms with Crippen LogP contribution < -0.4 is 5.32 Å². The molecule has 0 saturated carbocycles. The number of likely N-dealkylation sites (tertiary alicyclic amines) is 1. The summed E-state index contributed by atoms with van der Waals surface area (Å²) in [5.74, 6) is 0.681. The van der Waals surface area contributed by atoms with Crippen LogP contribution in [0.5, 0.6) is 0 Å². The summed E-state index contributed by atoms with van der Waals surface area (Å²) in [6.45, 7) is 7.87. The van der Waals surface area contributed by atoms with Gasteiger partial charge in [-0.15, -0.1) is 0 Å². The quantitative estimate of drug-likeness (QED) is 0.861. The van der Waals surface area contributed by atoms with Gasteiger partial charge in [-0.3, -0.25) is 4.79 Å². The summed E-state index contributed by atoms with van der Waals surface area (Å²) in [7, 11) is 0. The molecule has 5 heteroatoms. The van der Waals surface area contributed by atoms with Crippen molar-refractivity contribution < 1.29 is 14.3 Å². The first-order valence-corrected chi connectivity index (χ1v) is 9.26. The maximum absolute atomic E-state index is 12.2. The van der Waals surface area contributed by atoms with Crippen LogP contribution in [0.25, 0.3) is 0 Å². The lowest BCUT2D eigenvalue weighted by molar-refractivity contribution is -0.121. The number of carbonyl (C=O) groups is 2. The van der Waals surface area contributed by atoms with Crippen molar-refractivity contribution in [2.75, 3.05) is 19.7 Å². The second-order valence-corrected chi connectivity index (χ2v) is 7.12. The van der Waals surface area contributed by atoms with Crippen molar-refractivity contribution in [3.63, 3.8) is 0 Å². The van der Waals surface area contributed by atoms with Crippen molar-refractivity contribution >= 4 is 12.0 Å². The monoisotopic (exact) mass is 346 g/mol. The van der Waals surface area contributed by atoms with Gasteiger partial charge in [-0.1, -0.05) is 38.1 Å². The molecule has 0 aliphatic carbocycles. The number of amides is 2. The zero-order valence-electron chi connectivity index (χ0n) is 15.6. The molecule has 138 valence electrons. The van der Waals surface area contributed by atoms with Crippen molar-refractivity contribution in [2.24, 2.45) is 5.92 Å². The van der Waals surface area contributed by atoms with E-state index in [2.05, 4.69) is 31.3 Å². The third kappa shape index (κ3) is 6.40. The molecule has 0 atom stereocenters. The molecule has 0 spiro atoms. The van der Waals surface area contributed by atoms with Crippen LogP contribution in [-0.2, 0) is 22.4 Å². The van der Waals surface area contributed by atoms with Gasteiger partial charge >= 0.3 is 6.09 Å². The van der Waals surface area contributed by atoms with Gasteiger partial charge in [0.25, 0.3) is 0 Å². The van der Waals surface area contributed by atoms with E-state index >= 15 is 0 Å². The van der Waals surface area contributed by atoms with Crippen molar-refractivity contribution in [1.29, 1.82) is 0 Å². The molecule has 1 aliphatic rings. The zero-order valence-corrected chi connectivity index (χ0v) is 15.6. The molecule has 1 aromatic rings. The number of piperidine rings is 1. The van der Waals surface area contributed by atoms with Crippen LogP contribution in [0.3, 0.4) is 0 Å². The smallest absolute Gasteiger partial charge is 0.409 e. The lowest BCUT2D eigenvalue weighted by atomic mass is 10.0. The van der Waals surface area contributed by atoms with E-state index in [9.17, 15) is 9.59 Å². The van der Waals surface area contributed by atoms with Crippen molar-refractivity contribution in [3.8, 4) is 0 Å². The number of benzene rings is 1. The average molecular weight is 346 g/mol. The van der Waals surface area contributed by atoms with E-state index in [4.69, 9.17) is 4.74 Å². The molecule has 5 nitrogen and oxygen atoms in total. The Labute approximate surface area is 150 Å². The first kappa shape index (κ1) is 19.3. The highest BCUT2D eigenvalue weighted by molar-refractivity contribution is 5.79. The molecular formula is C20H30N2O3. The number of rotatable bonds is 6. The highest BCUT2D eigenvalue weighted by atomic mass is 16.6. The topological polar surface area (TPSA) is 58.6 Å². The molecule has 0 unspecified atom stereocenters. The molecule has 2 amide bonds. The number of hydrogen-bond acceptors (Lipinski definition) is 3. The normalized spacial score (nSPS) is 15.3. The summed E-state index contributed by atoms with van der Waals surface area (Å²) in [6, 6.07) is 8.45. The van der Waals surface area contributed by atoms with E-state index in [-0.39, 0.29) is 18.0 Å². The van der Waals surface area contributed by atoms with Crippen LogP contribution >= 0.6 is 0 Å². The van der Waals surface area contributed by atoms with Gasteiger partial charge in [0.1, 0.15) is 0 Å². The summed E-state index contributed by atoms with van der Waals surface area (Å²) in [4.78, 5) is 25.6. The molecule has 1 heterocycles. The minimum absolute atomic E-state index is 0.0474. The molecule has 0 aromatic heterocycles. The van der Waals surface area contributed by atoms with E-state index < -0.39 is 0 Å². The van der Waals surface area contributed by atoms with Crippen LogP contribution in [0.4, 0.5) is 4.79 Å². The molecule has 2 rings (SSSR count). The van der Waals surface area contributed by atoms with Crippen molar-refractivity contribution in [2.45, 2.75) is 52.5 Å². The summed E-state index contributed by atoms with van der Waals surface area (Å²) in [5.41, 5.74) is 2.35. The van der Waals surface area contributed by atoms with Crippen molar-refractivity contribution in [3.05, 3.63) is 35.4 Å². The van der Waals surface area contributed by atoms with E-state index in [0.29, 0.717) is 32.0 Å². The third-order valence-electron chi connectivity index (χ3n) is 4.42. The van der Waals surface area contributed by atoms with Crippen LogP contribution in [0.2, 0.25) is 0 Å². The molecule has 1 aliphatic heterocycles. The first-order valence-electron chi connectivity index (χ1n) is 9.26. The lowest BCUT2D eigenvalue weighted by Crippen LogP contribution is -2.47. The Morgan fingerprint density at radius 3 is 2.32 bits per heavy atom. The number of ether oxygens (including phenoxy) is 1. The van der Waals surface area contributed by atoms with E-state index in [1.165, 1.54) is 5.56 Å². The fourth-order valence-corrected chi connectivity index (χ4v) is 3.15. The summed E-state index contributed by atoms with van der Waals surface area (Å²) in [6.07, 6.45) is 2.76. The molecular weight excluding hydrogens is 316 g/mol. The van der Waals surface area contributed by atoms with Gasteiger partial charge in [-0.05, 0) is 43.2 Å². The molecule has 1 N–H and O–H groups in total. The Balaban J connectivity index is 1.75.